The Hall–Kier alpha value is -2.53. The lowest BCUT2D eigenvalue weighted by Gasteiger charge is -2.31. The van der Waals surface area contributed by atoms with Crippen LogP contribution in [-0.4, -0.2) is 37.7 Å². The van der Waals surface area contributed by atoms with Gasteiger partial charge in [-0.1, -0.05) is 24.3 Å². The van der Waals surface area contributed by atoms with E-state index in [0.29, 0.717) is 13.1 Å². The molecule has 0 fully saturated rings. The Bertz CT molecular complexity index is 790. The molecule has 0 aromatic heterocycles. The topological polar surface area (TPSA) is 42.0 Å². The van der Waals surface area contributed by atoms with Crippen molar-refractivity contribution in [3.63, 3.8) is 0 Å². The molecule has 2 aliphatic rings. The van der Waals surface area contributed by atoms with Gasteiger partial charge in [0.1, 0.15) is 0 Å². The summed E-state index contributed by atoms with van der Waals surface area (Å²) in [5.41, 5.74) is 3.44. The number of aryl methyl sites for hydroxylation is 1. The third-order valence-corrected chi connectivity index (χ3v) is 4.71. The van der Waals surface area contributed by atoms with Gasteiger partial charge in [0.25, 0.3) is 0 Å². The van der Waals surface area contributed by atoms with Crippen LogP contribution < -0.4 is 14.4 Å². The van der Waals surface area contributed by atoms with E-state index in [-0.39, 0.29) is 12.7 Å². The maximum atomic E-state index is 12.8. The highest BCUT2D eigenvalue weighted by Crippen LogP contribution is 2.32. The molecule has 5 nitrogen and oxygen atoms in total. The molecular formula is C20H22N2O3. The van der Waals surface area contributed by atoms with E-state index in [1.807, 2.05) is 53.2 Å². The monoisotopic (exact) mass is 338 g/mol. The molecule has 2 aromatic rings. The smallest absolute Gasteiger partial charge is 0.241 e. The normalized spacial score (nSPS) is 15.4. The maximum Gasteiger partial charge on any atom is 0.241 e. The third-order valence-electron chi connectivity index (χ3n) is 4.71. The molecule has 0 saturated heterocycles. The van der Waals surface area contributed by atoms with Crippen LogP contribution in [0.3, 0.4) is 0 Å². The number of nitrogens with zero attached hydrogens (tertiary/aromatic N) is 2. The van der Waals surface area contributed by atoms with Crippen LogP contribution in [0.4, 0.5) is 5.69 Å². The third kappa shape index (κ3) is 3.33. The number of carbonyl (C=O) groups excluding carboxylic acids is 1. The van der Waals surface area contributed by atoms with Crippen LogP contribution in [-0.2, 0) is 17.8 Å². The Balaban J connectivity index is 1.41. The zero-order valence-corrected chi connectivity index (χ0v) is 14.4. The van der Waals surface area contributed by atoms with Crippen molar-refractivity contribution in [3.05, 3.63) is 53.6 Å². The largest absolute Gasteiger partial charge is 0.454 e. The number of benzene rings is 2. The maximum absolute atomic E-state index is 12.8. The van der Waals surface area contributed by atoms with E-state index in [2.05, 4.69) is 6.07 Å². The van der Waals surface area contributed by atoms with E-state index in [4.69, 9.17) is 9.47 Å². The molecule has 25 heavy (non-hydrogen) atoms. The van der Waals surface area contributed by atoms with Crippen molar-refractivity contribution in [3.8, 4) is 11.5 Å². The fourth-order valence-electron chi connectivity index (χ4n) is 3.52. The highest BCUT2D eigenvalue weighted by Gasteiger charge is 2.23. The van der Waals surface area contributed by atoms with E-state index < -0.39 is 0 Å². The Kier molecular flexibility index (Phi) is 4.32. The van der Waals surface area contributed by atoms with Crippen LogP contribution in [0.1, 0.15) is 17.5 Å². The SMILES string of the molecule is CN(CC(=O)N1CCCc2ccccc21)Cc1ccc2c(c1)OCO2. The van der Waals surface area contributed by atoms with Gasteiger partial charge >= 0.3 is 0 Å². The summed E-state index contributed by atoms with van der Waals surface area (Å²) in [6, 6.07) is 14.1. The van der Waals surface area contributed by atoms with Crippen LogP contribution in [0.5, 0.6) is 11.5 Å². The molecule has 2 aliphatic heterocycles. The molecular weight excluding hydrogens is 316 g/mol. The molecule has 0 aliphatic carbocycles. The molecule has 2 heterocycles. The van der Waals surface area contributed by atoms with Gasteiger partial charge in [-0.3, -0.25) is 9.69 Å². The Morgan fingerprint density at radius 3 is 2.92 bits per heavy atom. The van der Waals surface area contributed by atoms with Gasteiger partial charge in [0, 0.05) is 18.8 Å². The minimum absolute atomic E-state index is 0.149. The summed E-state index contributed by atoms with van der Waals surface area (Å²) in [7, 11) is 1.97. The predicted octanol–water partition coefficient (Wildman–Crippen LogP) is 2.83. The fraction of sp³-hybridized carbons (Fsp3) is 0.350. The Labute approximate surface area is 147 Å². The van der Waals surface area contributed by atoms with E-state index in [1.165, 1.54) is 5.56 Å². The first-order chi connectivity index (χ1) is 12.2. The van der Waals surface area contributed by atoms with Crippen LogP contribution in [0.15, 0.2) is 42.5 Å². The zero-order chi connectivity index (χ0) is 17.2. The molecule has 0 atom stereocenters. The summed E-state index contributed by atoms with van der Waals surface area (Å²) in [6.07, 6.45) is 2.07. The standard InChI is InChI=1S/C20H22N2O3/c1-21(12-15-8-9-18-19(11-15)25-14-24-18)13-20(23)22-10-4-6-16-5-2-3-7-17(16)22/h2-3,5,7-9,11H,4,6,10,12-14H2,1H3. The van der Waals surface area contributed by atoms with Gasteiger partial charge in [0.15, 0.2) is 11.5 Å². The molecule has 0 spiro atoms. The molecule has 2 aromatic carbocycles. The molecule has 0 N–H and O–H groups in total. The number of hydrogen-bond acceptors (Lipinski definition) is 4. The second kappa shape index (κ2) is 6.76. The summed E-state index contributed by atoms with van der Waals surface area (Å²) in [5, 5.41) is 0. The van der Waals surface area contributed by atoms with Crippen LogP contribution in [0.25, 0.3) is 0 Å². The second-order valence-corrected chi connectivity index (χ2v) is 6.64. The molecule has 0 unspecified atom stereocenters. The quantitative estimate of drug-likeness (QED) is 0.860. The van der Waals surface area contributed by atoms with Crippen molar-refractivity contribution in [1.29, 1.82) is 0 Å². The van der Waals surface area contributed by atoms with Gasteiger partial charge in [0.2, 0.25) is 12.7 Å². The van der Waals surface area contributed by atoms with Gasteiger partial charge in [-0.05, 0) is 49.2 Å². The lowest BCUT2D eigenvalue weighted by Crippen LogP contribution is -2.41. The molecule has 0 saturated carbocycles. The van der Waals surface area contributed by atoms with E-state index in [1.54, 1.807) is 0 Å². The van der Waals surface area contributed by atoms with Gasteiger partial charge < -0.3 is 14.4 Å². The molecule has 0 bridgehead atoms. The second-order valence-electron chi connectivity index (χ2n) is 6.64. The molecule has 5 heteroatoms. The number of rotatable bonds is 4. The number of ether oxygens (including phenoxy) is 2. The minimum Gasteiger partial charge on any atom is -0.454 e. The van der Waals surface area contributed by atoms with Crippen LogP contribution >= 0.6 is 0 Å². The average Bonchev–Trinajstić information content (AvgIpc) is 3.08. The lowest BCUT2D eigenvalue weighted by molar-refractivity contribution is -0.119. The molecule has 130 valence electrons. The van der Waals surface area contributed by atoms with Crippen LogP contribution in [0, 0.1) is 0 Å². The first-order valence-electron chi connectivity index (χ1n) is 8.66. The summed E-state index contributed by atoms with van der Waals surface area (Å²) in [4.78, 5) is 16.8. The average molecular weight is 338 g/mol. The van der Waals surface area contributed by atoms with Gasteiger partial charge in [-0.2, -0.15) is 0 Å². The van der Waals surface area contributed by atoms with Crippen molar-refractivity contribution in [2.75, 3.05) is 31.8 Å². The van der Waals surface area contributed by atoms with Gasteiger partial charge in [0.05, 0.1) is 6.54 Å². The summed E-state index contributed by atoms with van der Waals surface area (Å²) >= 11 is 0. The van der Waals surface area contributed by atoms with Crippen molar-refractivity contribution >= 4 is 11.6 Å². The van der Waals surface area contributed by atoms with Crippen molar-refractivity contribution in [2.45, 2.75) is 19.4 Å². The highest BCUT2D eigenvalue weighted by molar-refractivity contribution is 5.95. The molecule has 0 radical (unpaired) electrons. The van der Waals surface area contributed by atoms with E-state index in [0.717, 1.165) is 42.1 Å². The van der Waals surface area contributed by atoms with Crippen molar-refractivity contribution < 1.29 is 14.3 Å². The first-order valence-corrected chi connectivity index (χ1v) is 8.66. The van der Waals surface area contributed by atoms with Gasteiger partial charge in [-0.15, -0.1) is 0 Å². The minimum atomic E-state index is 0.149. The fourth-order valence-corrected chi connectivity index (χ4v) is 3.52. The number of carbonyl (C=O) groups is 1. The van der Waals surface area contributed by atoms with Crippen molar-refractivity contribution in [2.24, 2.45) is 0 Å². The molecule has 1 amide bonds. The number of hydrogen-bond donors (Lipinski definition) is 0. The number of amides is 1. The van der Waals surface area contributed by atoms with E-state index in [9.17, 15) is 4.79 Å². The number of anilines is 1. The number of para-hydroxylation sites is 1. The number of likely N-dealkylation sites (N-methyl/N-ethyl adjacent to an activating group) is 1. The first kappa shape index (κ1) is 16.0. The summed E-state index contributed by atoms with van der Waals surface area (Å²) in [5.74, 6) is 1.71. The zero-order valence-electron chi connectivity index (χ0n) is 14.4. The Morgan fingerprint density at radius 1 is 1.16 bits per heavy atom. The highest BCUT2D eigenvalue weighted by atomic mass is 16.7. The van der Waals surface area contributed by atoms with Crippen molar-refractivity contribution in [1.82, 2.24) is 4.90 Å². The van der Waals surface area contributed by atoms with E-state index >= 15 is 0 Å². The predicted molar refractivity (Wildman–Crippen MR) is 96.0 cm³/mol. The lowest BCUT2D eigenvalue weighted by atomic mass is 10.0. The Morgan fingerprint density at radius 2 is 2.00 bits per heavy atom. The summed E-state index contributed by atoms with van der Waals surface area (Å²) in [6.45, 7) is 2.16. The van der Waals surface area contributed by atoms with Gasteiger partial charge in [-0.25, -0.2) is 0 Å². The molecule has 4 rings (SSSR count). The summed E-state index contributed by atoms with van der Waals surface area (Å²) < 4.78 is 10.8. The van der Waals surface area contributed by atoms with Crippen LogP contribution in [0.2, 0.25) is 0 Å². The number of fused-ring (bicyclic) bond motifs is 2.